The molecular weight excluding hydrogens is 441 g/mol. The molecule has 0 saturated carbocycles. The van der Waals surface area contributed by atoms with Gasteiger partial charge in [-0.25, -0.2) is 0 Å². The van der Waals surface area contributed by atoms with Gasteiger partial charge in [0.1, 0.15) is 5.75 Å². The summed E-state index contributed by atoms with van der Waals surface area (Å²) in [6.45, 7) is 0.407. The Hall–Kier alpha value is -2.81. The van der Waals surface area contributed by atoms with Crippen molar-refractivity contribution in [1.82, 2.24) is 10.2 Å². The van der Waals surface area contributed by atoms with E-state index in [9.17, 15) is 14.7 Å². The van der Waals surface area contributed by atoms with Crippen molar-refractivity contribution in [3.05, 3.63) is 63.6 Å². The van der Waals surface area contributed by atoms with Crippen molar-refractivity contribution in [3.63, 3.8) is 0 Å². The Kier molecular flexibility index (Phi) is 9.11. The molecule has 1 atom stereocenters. The van der Waals surface area contributed by atoms with Crippen LogP contribution in [0.25, 0.3) is 0 Å². The standard InChI is InChI=1S/C21H25Cl2N5O3/c22-16-8-5-14(10-17(16)23)11-19(30)28(12-13-3-6-15(29)7-4-13)20(31)18(24)2-1-9-27-21(25)26/h3-8,10,18,29H,1-2,9,11-12,24H2,(H4,25,26,27)/t18-/m1/s1. The summed E-state index contributed by atoms with van der Waals surface area (Å²) in [5.41, 5.74) is 12.6. The predicted octanol–water partition coefficient (Wildman–Crippen LogP) is 2.39. The van der Waals surface area contributed by atoms with Crippen LogP contribution in [0.15, 0.2) is 42.5 Å². The lowest BCUT2D eigenvalue weighted by Crippen LogP contribution is -2.47. The number of nitrogens with two attached hydrogens (primary N) is 2. The van der Waals surface area contributed by atoms with E-state index in [1.165, 1.54) is 12.1 Å². The van der Waals surface area contributed by atoms with Crippen LogP contribution in [0.3, 0.4) is 0 Å². The van der Waals surface area contributed by atoms with Gasteiger partial charge in [-0.05, 0) is 48.2 Å². The van der Waals surface area contributed by atoms with Gasteiger partial charge >= 0.3 is 0 Å². The van der Waals surface area contributed by atoms with Crippen LogP contribution in [0, 0.1) is 5.41 Å². The van der Waals surface area contributed by atoms with E-state index in [1.807, 2.05) is 0 Å². The Bertz CT molecular complexity index is 937. The zero-order valence-corrected chi connectivity index (χ0v) is 18.3. The van der Waals surface area contributed by atoms with Gasteiger partial charge in [0.25, 0.3) is 0 Å². The second kappa shape index (κ2) is 11.5. The molecule has 0 aromatic heterocycles. The lowest BCUT2D eigenvalue weighted by Gasteiger charge is -2.24. The third-order valence-electron chi connectivity index (χ3n) is 4.51. The summed E-state index contributed by atoms with van der Waals surface area (Å²) in [4.78, 5) is 27.1. The molecule has 7 N–H and O–H groups in total. The van der Waals surface area contributed by atoms with Crippen LogP contribution in [-0.2, 0) is 22.6 Å². The average molecular weight is 466 g/mol. The van der Waals surface area contributed by atoms with Gasteiger partial charge < -0.3 is 21.9 Å². The van der Waals surface area contributed by atoms with E-state index in [0.717, 1.165) is 4.90 Å². The fraction of sp³-hybridized carbons (Fsp3) is 0.286. The summed E-state index contributed by atoms with van der Waals surface area (Å²) in [6.07, 6.45) is 0.755. The minimum atomic E-state index is -0.899. The molecule has 0 spiro atoms. The van der Waals surface area contributed by atoms with Gasteiger partial charge in [-0.2, -0.15) is 0 Å². The Morgan fingerprint density at radius 1 is 1.10 bits per heavy atom. The molecule has 0 aliphatic rings. The number of hydrogen-bond donors (Lipinski definition) is 5. The zero-order chi connectivity index (χ0) is 23.0. The van der Waals surface area contributed by atoms with E-state index in [1.54, 1.807) is 30.3 Å². The van der Waals surface area contributed by atoms with Crippen molar-refractivity contribution in [2.45, 2.75) is 31.8 Å². The first-order valence-electron chi connectivity index (χ1n) is 9.57. The van der Waals surface area contributed by atoms with Crippen molar-refractivity contribution in [2.75, 3.05) is 6.54 Å². The van der Waals surface area contributed by atoms with E-state index < -0.39 is 17.9 Å². The predicted molar refractivity (Wildman–Crippen MR) is 121 cm³/mol. The van der Waals surface area contributed by atoms with E-state index >= 15 is 0 Å². The molecule has 0 aliphatic carbocycles. The van der Waals surface area contributed by atoms with Gasteiger partial charge in [-0.1, -0.05) is 41.4 Å². The van der Waals surface area contributed by atoms with E-state index in [-0.39, 0.29) is 24.7 Å². The number of phenols is 1. The molecule has 2 amide bonds. The first-order valence-corrected chi connectivity index (χ1v) is 10.3. The summed E-state index contributed by atoms with van der Waals surface area (Å²) in [5.74, 6) is -1.03. The molecule has 2 aromatic carbocycles. The highest BCUT2D eigenvalue weighted by Gasteiger charge is 2.26. The normalized spacial score (nSPS) is 11.6. The van der Waals surface area contributed by atoms with Crippen LogP contribution in [0.1, 0.15) is 24.0 Å². The maximum absolute atomic E-state index is 13.0. The van der Waals surface area contributed by atoms with Gasteiger partial charge in [0.2, 0.25) is 11.8 Å². The highest BCUT2D eigenvalue weighted by molar-refractivity contribution is 6.42. The number of guanidine groups is 1. The van der Waals surface area contributed by atoms with E-state index in [2.05, 4.69) is 5.32 Å². The second-order valence-corrected chi connectivity index (χ2v) is 7.81. The lowest BCUT2D eigenvalue weighted by atomic mass is 10.1. The van der Waals surface area contributed by atoms with E-state index in [0.29, 0.717) is 40.6 Å². The quantitative estimate of drug-likeness (QED) is 0.218. The minimum Gasteiger partial charge on any atom is -0.508 e. The number of amides is 2. The largest absolute Gasteiger partial charge is 0.508 e. The molecule has 166 valence electrons. The second-order valence-electron chi connectivity index (χ2n) is 7.00. The molecule has 0 aliphatic heterocycles. The molecule has 0 radical (unpaired) electrons. The molecule has 8 nitrogen and oxygen atoms in total. The van der Waals surface area contributed by atoms with Gasteiger partial charge in [0.05, 0.1) is 29.1 Å². The Morgan fingerprint density at radius 2 is 1.74 bits per heavy atom. The summed E-state index contributed by atoms with van der Waals surface area (Å²) in [5, 5.41) is 20.0. The summed E-state index contributed by atoms with van der Waals surface area (Å²) in [6, 6.07) is 10.2. The number of phenolic OH excluding ortho intramolecular Hbond substituents is 1. The first kappa shape index (κ1) is 24.5. The SMILES string of the molecule is N=C(N)NCCC[C@@H](N)C(=O)N(Cc1ccc(O)cc1)C(=O)Cc1ccc(Cl)c(Cl)c1. The van der Waals surface area contributed by atoms with Gasteiger partial charge in [0, 0.05) is 6.54 Å². The maximum Gasteiger partial charge on any atom is 0.246 e. The van der Waals surface area contributed by atoms with Gasteiger partial charge in [0.15, 0.2) is 5.96 Å². The zero-order valence-electron chi connectivity index (χ0n) is 16.8. The number of nitrogens with one attached hydrogen (secondary N) is 2. The Morgan fingerprint density at radius 3 is 2.35 bits per heavy atom. The number of benzene rings is 2. The van der Waals surface area contributed by atoms with Crippen molar-refractivity contribution in [2.24, 2.45) is 11.5 Å². The Balaban J connectivity index is 2.14. The molecule has 0 unspecified atom stereocenters. The molecule has 2 aromatic rings. The number of halogens is 2. The fourth-order valence-electron chi connectivity index (χ4n) is 2.86. The number of carbonyl (C=O) groups is 2. The molecule has 0 bridgehead atoms. The number of hydrogen-bond acceptors (Lipinski definition) is 5. The van der Waals surface area contributed by atoms with Crippen molar-refractivity contribution in [3.8, 4) is 5.75 Å². The van der Waals surface area contributed by atoms with Gasteiger partial charge in [-0.15, -0.1) is 0 Å². The number of nitrogens with zero attached hydrogens (tertiary/aromatic N) is 1. The third-order valence-corrected chi connectivity index (χ3v) is 5.25. The fourth-order valence-corrected chi connectivity index (χ4v) is 3.18. The van der Waals surface area contributed by atoms with Crippen LogP contribution in [-0.4, -0.2) is 40.4 Å². The third kappa shape index (κ3) is 7.75. The van der Waals surface area contributed by atoms with Crippen LogP contribution in [0.2, 0.25) is 10.0 Å². The average Bonchev–Trinajstić information content (AvgIpc) is 2.72. The minimum absolute atomic E-state index is 0.0126. The summed E-state index contributed by atoms with van der Waals surface area (Å²) >= 11 is 12.0. The molecule has 31 heavy (non-hydrogen) atoms. The van der Waals surface area contributed by atoms with Gasteiger partial charge in [-0.3, -0.25) is 19.9 Å². The van der Waals surface area contributed by atoms with Crippen LogP contribution >= 0.6 is 23.2 Å². The Labute approximate surface area is 190 Å². The number of carbonyl (C=O) groups excluding carboxylic acids is 2. The van der Waals surface area contributed by atoms with Crippen LogP contribution < -0.4 is 16.8 Å². The topological polar surface area (TPSA) is 146 Å². The molecule has 0 heterocycles. The number of aromatic hydroxyl groups is 1. The first-order chi connectivity index (χ1) is 14.7. The van der Waals surface area contributed by atoms with Crippen molar-refractivity contribution >= 4 is 41.0 Å². The molecule has 10 heteroatoms. The highest BCUT2D eigenvalue weighted by Crippen LogP contribution is 2.23. The smallest absolute Gasteiger partial charge is 0.246 e. The van der Waals surface area contributed by atoms with Crippen molar-refractivity contribution in [1.29, 1.82) is 5.41 Å². The monoisotopic (exact) mass is 465 g/mol. The molecule has 0 saturated heterocycles. The molecular formula is C21H25Cl2N5O3. The number of rotatable bonds is 9. The molecule has 0 fully saturated rings. The summed E-state index contributed by atoms with van der Waals surface area (Å²) < 4.78 is 0. The van der Waals surface area contributed by atoms with E-state index in [4.69, 9.17) is 40.1 Å². The lowest BCUT2D eigenvalue weighted by molar-refractivity contribution is -0.146. The summed E-state index contributed by atoms with van der Waals surface area (Å²) in [7, 11) is 0. The van der Waals surface area contributed by atoms with Crippen LogP contribution in [0.5, 0.6) is 5.75 Å². The van der Waals surface area contributed by atoms with Crippen LogP contribution in [0.4, 0.5) is 0 Å². The van der Waals surface area contributed by atoms with Crippen molar-refractivity contribution < 1.29 is 14.7 Å². The number of imide groups is 1. The molecule has 2 rings (SSSR count). The highest BCUT2D eigenvalue weighted by atomic mass is 35.5. The maximum atomic E-state index is 13.0.